The molecule has 2 saturated heterocycles. The van der Waals surface area contributed by atoms with Gasteiger partial charge in [0.15, 0.2) is 0 Å². The highest BCUT2D eigenvalue weighted by atomic mass is 19.1. The Labute approximate surface area is 126 Å². The number of hydrogen-bond acceptors (Lipinski definition) is 3. The SMILES string of the molecule is CN(CC1CCCO1)C1CCN(c2ccccc2F)CC1. The van der Waals surface area contributed by atoms with Crippen LogP contribution in [-0.2, 0) is 4.74 Å². The van der Waals surface area contributed by atoms with Crippen LogP contribution in [0.15, 0.2) is 24.3 Å². The second-order valence-corrected chi connectivity index (χ2v) is 6.24. The summed E-state index contributed by atoms with van der Waals surface area (Å²) in [5.74, 6) is -0.108. The van der Waals surface area contributed by atoms with Crippen molar-refractivity contribution in [3.05, 3.63) is 30.1 Å². The van der Waals surface area contributed by atoms with Crippen molar-refractivity contribution >= 4 is 5.69 Å². The van der Waals surface area contributed by atoms with E-state index in [2.05, 4.69) is 16.8 Å². The monoisotopic (exact) mass is 292 g/mol. The minimum atomic E-state index is -0.108. The van der Waals surface area contributed by atoms with Crippen LogP contribution in [0.3, 0.4) is 0 Å². The molecule has 21 heavy (non-hydrogen) atoms. The van der Waals surface area contributed by atoms with E-state index in [9.17, 15) is 4.39 Å². The zero-order chi connectivity index (χ0) is 14.7. The summed E-state index contributed by atoms with van der Waals surface area (Å²) in [7, 11) is 2.20. The summed E-state index contributed by atoms with van der Waals surface area (Å²) in [6, 6.07) is 7.68. The van der Waals surface area contributed by atoms with E-state index in [1.807, 2.05) is 12.1 Å². The molecule has 116 valence electrons. The van der Waals surface area contributed by atoms with Gasteiger partial charge in [0.05, 0.1) is 11.8 Å². The first kappa shape index (κ1) is 14.8. The first-order valence-corrected chi connectivity index (χ1v) is 8.05. The number of benzene rings is 1. The number of rotatable bonds is 4. The predicted octanol–water partition coefficient (Wildman–Crippen LogP) is 2.91. The van der Waals surface area contributed by atoms with E-state index in [0.29, 0.717) is 12.1 Å². The van der Waals surface area contributed by atoms with E-state index in [1.54, 1.807) is 12.1 Å². The molecular weight excluding hydrogens is 267 g/mol. The van der Waals surface area contributed by atoms with Gasteiger partial charge in [-0.2, -0.15) is 0 Å². The summed E-state index contributed by atoms with van der Waals surface area (Å²) in [6.45, 7) is 3.82. The van der Waals surface area contributed by atoms with Gasteiger partial charge in [-0.15, -0.1) is 0 Å². The van der Waals surface area contributed by atoms with Gasteiger partial charge in [-0.25, -0.2) is 4.39 Å². The van der Waals surface area contributed by atoms with E-state index in [4.69, 9.17) is 4.74 Å². The molecule has 0 radical (unpaired) electrons. The maximum absolute atomic E-state index is 13.8. The first-order valence-electron chi connectivity index (χ1n) is 8.05. The number of anilines is 1. The number of para-hydroxylation sites is 1. The van der Waals surface area contributed by atoms with Crippen molar-refractivity contribution in [3.63, 3.8) is 0 Å². The van der Waals surface area contributed by atoms with E-state index in [-0.39, 0.29) is 5.82 Å². The molecule has 0 aromatic heterocycles. The van der Waals surface area contributed by atoms with Crippen molar-refractivity contribution in [1.82, 2.24) is 4.90 Å². The van der Waals surface area contributed by atoms with Crippen molar-refractivity contribution in [2.45, 2.75) is 37.8 Å². The lowest BCUT2D eigenvalue weighted by Gasteiger charge is -2.38. The molecule has 0 spiro atoms. The molecule has 2 aliphatic rings. The van der Waals surface area contributed by atoms with Crippen molar-refractivity contribution in [2.75, 3.05) is 38.2 Å². The molecule has 1 atom stereocenters. The molecule has 2 fully saturated rings. The number of halogens is 1. The number of ether oxygens (including phenoxy) is 1. The lowest BCUT2D eigenvalue weighted by Crippen LogP contribution is -2.45. The van der Waals surface area contributed by atoms with Crippen LogP contribution >= 0.6 is 0 Å². The largest absolute Gasteiger partial charge is 0.377 e. The average Bonchev–Trinajstić information content (AvgIpc) is 3.01. The van der Waals surface area contributed by atoms with Gasteiger partial charge in [-0.05, 0) is 44.9 Å². The standard InChI is InChI=1S/C17H25FN2O/c1-19(13-15-5-4-12-21-15)14-8-10-20(11-9-14)17-7-3-2-6-16(17)18/h2-3,6-7,14-15H,4-5,8-13H2,1H3. The molecular formula is C17H25FN2O. The van der Waals surface area contributed by atoms with E-state index >= 15 is 0 Å². The summed E-state index contributed by atoms with van der Waals surface area (Å²) in [4.78, 5) is 4.61. The Morgan fingerprint density at radius 1 is 1.24 bits per heavy atom. The molecule has 0 bridgehead atoms. The molecule has 0 saturated carbocycles. The maximum Gasteiger partial charge on any atom is 0.146 e. The average molecular weight is 292 g/mol. The van der Waals surface area contributed by atoms with Crippen LogP contribution < -0.4 is 4.90 Å². The van der Waals surface area contributed by atoms with E-state index in [0.717, 1.165) is 44.8 Å². The maximum atomic E-state index is 13.8. The van der Waals surface area contributed by atoms with Gasteiger partial charge in [-0.3, -0.25) is 0 Å². The van der Waals surface area contributed by atoms with Crippen LogP contribution in [0.4, 0.5) is 10.1 Å². The lowest BCUT2D eigenvalue weighted by molar-refractivity contribution is 0.0635. The van der Waals surface area contributed by atoms with Crippen molar-refractivity contribution in [3.8, 4) is 0 Å². The molecule has 0 amide bonds. The first-order chi connectivity index (χ1) is 10.2. The van der Waals surface area contributed by atoms with Crippen LogP contribution in [0.1, 0.15) is 25.7 Å². The molecule has 0 aliphatic carbocycles. The minimum Gasteiger partial charge on any atom is -0.377 e. The van der Waals surface area contributed by atoms with Gasteiger partial charge in [0.2, 0.25) is 0 Å². The van der Waals surface area contributed by atoms with Crippen molar-refractivity contribution in [1.29, 1.82) is 0 Å². The highest BCUT2D eigenvalue weighted by Crippen LogP contribution is 2.25. The fraction of sp³-hybridized carbons (Fsp3) is 0.647. The van der Waals surface area contributed by atoms with Gasteiger partial charge in [0.1, 0.15) is 5.82 Å². The van der Waals surface area contributed by atoms with Crippen LogP contribution in [-0.4, -0.2) is 50.3 Å². The van der Waals surface area contributed by atoms with Gasteiger partial charge < -0.3 is 14.5 Å². The molecule has 3 rings (SSSR count). The highest BCUT2D eigenvalue weighted by Gasteiger charge is 2.26. The predicted molar refractivity (Wildman–Crippen MR) is 83.2 cm³/mol. The topological polar surface area (TPSA) is 15.7 Å². The van der Waals surface area contributed by atoms with Gasteiger partial charge in [0, 0.05) is 32.3 Å². The fourth-order valence-corrected chi connectivity index (χ4v) is 3.51. The number of likely N-dealkylation sites (N-methyl/N-ethyl adjacent to an activating group) is 1. The lowest BCUT2D eigenvalue weighted by atomic mass is 10.0. The Morgan fingerprint density at radius 2 is 2.00 bits per heavy atom. The summed E-state index contributed by atoms with van der Waals surface area (Å²) < 4.78 is 19.6. The Hall–Kier alpha value is -1.13. The molecule has 1 aromatic carbocycles. The van der Waals surface area contributed by atoms with Crippen molar-refractivity contribution in [2.24, 2.45) is 0 Å². The number of nitrogens with zero attached hydrogens (tertiary/aromatic N) is 2. The second kappa shape index (κ2) is 6.75. The van der Waals surface area contributed by atoms with Crippen molar-refractivity contribution < 1.29 is 9.13 Å². The zero-order valence-electron chi connectivity index (χ0n) is 12.8. The molecule has 1 aromatic rings. The molecule has 3 nitrogen and oxygen atoms in total. The summed E-state index contributed by atoms with van der Waals surface area (Å²) in [5, 5.41) is 0. The van der Waals surface area contributed by atoms with Crippen LogP contribution in [0, 0.1) is 5.82 Å². The number of piperidine rings is 1. The second-order valence-electron chi connectivity index (χ2n) is 6.24. The molecule has 1 unspecified atom stereocenters. The van der Waals surface area contributed by atoms with E-state index < -0.39 is 0 Å². The molecule has 0 N–H and O–H groups in total. The molecule has 2 heterocycles. The normalized spacial score (nSPS) is 24.0. The Morgan fingerprint density at radius 3 is 2.67 bits per heavy atom. The highest BCUT2D eigenvalue weighted by molar-refractivity contribution is 5.47. The van der Waals surface area contributed by atoms with Crippen LogP contribution in [0.25, 0.3) is 0 Å². The summed E-state index contributed by atoms with van der Waals surface area (Å²) >= 11 is 0. The third-order valence-electron chi connectivity index (χ3n) is 4.80. The molecule has 4 heteroatoms. The van der Waals surface area contributed by atoms with E-state index in [1.165, 1.54) is 12.8 Å². The van der Waals surface area contributed by atoms with Gasteiger partial charge in [-0.1, -0.05) is 12.1 Å². The summed E-state index contributed by atoms with van der Waals surface area (Å²) in [6.07, 6.45) is 5.00. The Balaban J connectivity index is 1.51. The Kier molecular flexibility index (Phi) is 4.76. The summed E-state index contributed by atoms with van der Waals surface area (Å²) in [5.41, 5.74) is 0.748. The van der Waals surface area contributed by atoms with Crippen LogP contribution in [0.5, 0.6) is 0 Å². The van der Waals surface area contributed by atoms with Gasteiger partial charge >= 0.3 is 0 Å². The zero-order valence-corrected chi connectivity index (χ0v) is 12.8. The fourth-order valence-electron chi connectivity index (χ4n) is 3.51. The third kappa shape index (κ3) is 3.55. The number of hydrogen-bond donors (Lipinski definition) is 0. The third-order valence-corrected chi connectivity index (χ3v) is 4.80. The minimum absolute atomic E-state index is 0.108. The Bertz CT molecular complexity index is 454. The quantitative estimate of drug-likeness (QED) is 0.848. The smallest absolute Gasteiger partial charge is 0.146 e. The molecule has 2 aliphatic heterocycles. The van der Waals surface area contributed by atoms with Gasteiger partial charge in [0.25, 0.3) is 0 Å². The van der Waals surface area contributed by atoms with Crippen LogP contribution in [0.2, 0.25) is 0 Å².